The van der Waals surface area contributed by atoms with Crippen molar-refractivity contribution in [3.05, 3.63) is 66.2 Å². The molecule has 1 atom stereocenters. The van der Waals surface area contributed by atoms with E-state index in [2.05, 4.69) is 4.98 Å². The maximum atomic E-state index is 6.16. The Kier molecular flexibility index (Phi) is 5.36. The zero-order valence-corrected chi connectivity index (χ0v) is 11.7. The summed E-state index contributed by atoms with van der Waals surface area (Å²) in [6.07, 6.45) is 3.47. The minimum atomic E-state index is -0.245. The molecule has 2 aromatic heterocycles. The molecule has 0 aliphatic heterocycles. The van der Waals surface area contributed by atoms with E-state index in [1.807, 2.05) is 42.5 Å². The lowest BCUT2D eigenvalue weighted by atomic mass is 10.1. The number of hydrogen-bond donors (Lipinski definition) is 1. The number of para-hydroxylation sites is 1. The molecule has 0 bridgehead atoms. The summed E-state index contributed by atoms with van der Waals surface area (Å²) in [6, 6.07) is 13.4. The second-order valence-corrected chi connectivity index (χ2v) is 3.94. The van der Waals surface area contributed by atoms with Crippen LogP contribution in [-0.2, 0) is 0 Å². The summed E-state index contributed by atoms with van der Waals surface area (Å²) >= 11 is 0. The van der Waals surface area contributed by atoms with Gasteiger partial charge < -0.3 is 10.2 Å². The third-order valence-electron chi connectivity index (χ3n) is 2.82. The van der Waals surface area contributed by atoms with E-state index in [-0.39, 0.29) is 30.9 Å². The molecule has 0 saturated heterocycles. The Morgan fingerprint density at radius 3 is 2.37 bits per heavy atom. The van der Waals surface area contributed by atoms with Gasteiger partial charge in [0.2, 0.25) is 0 Å². The molecule has 0 saturated carbocycles. The van der Waals surface area contributed by atoms with Crippen LogP contribution in [0, 0.1) is 0 Å². The third kappa shape index (κ3) is 3.07. The fourth-order valence-electron chi connectivity index (χ4n) is 1.89. The van der Waals surface area contributed by atoms with E-state index >= 15 is 0 Å². The summed E-state index contributed by atoms with van der Waals surface area (Å²) in [7, 11) is 0. The molecule has 0 aliphatic carbocycles. The van der Waals surface area contributed by atoms with Crippen LogP contribution >= 0.6 is 24.8 Å². The molecule has 3 aromatic rings. The fourth-order valence-corrected chi connectivity index (χ4v) is 1.89. The highest BCUT2D eigenvalue weighted by Gasteiger charge is 2.13. The molecule has 1 unspecified atom stereocenters. The van der Waals surface area contributed by atoms with E-state index in [4.69, 9.17) is 10.2 Å². The van der Waals surface area contributed by atoms with Crippen molar-refractivity contribution in [2.24, 2.45) is 5.73 Å². The van der Waals surface area contributed by atoms with Crippen LogP contribution in [0.3, 0.4) is 0 Å². The molecule has 100 valence electrons. The molecule has 0 amide bonds. The van der Waals surface area contributed by atoms with Gasteiger partial charge in [-0.3, -0.25) is 4.98 Å². The fraction of sp³-hybridized carbons (Fsp3) is 0.0714. The van der Waals surface area contributed by atoms with Crippen LogP contribution in [0.1, 0.15) is 17.4 Å². The lowest BCUT2D eigenvalue weighted by Crippen LogP contribution is -2.10. The highest BCUT2D eigenvalue weighted by molar-refractivity contribution is 5.85. The van der Waals surface area contributed by atoms with E-state index < -0.39 is 0 Å². The van der Waals surface area contributed by atoms with Crippen LogP contribution in [0.2, 0.25) is 0 Å². The van der Waals surface area contributed by atoms with Crippen LogP contribution in [-0.4, -0.2) is 4.98 Å². The summed E-state index contributed by atoms with van der Waals surface area (Å²) in [6.45, 7) is 0. The third-order valence-corrected chi connectivity index (χ3v) is 2.82. The summed E-state index contributed by atoms with van der Waals surface area (Å²) in [4.78, 5) is 3.98. The van der Waals surface area contributed by atoms with Gasteiger partial charge in [0.05, 0.1) is 6.04 Å². The molecule has 0 fully saturated rings. The number of nitrogens with zero attached hydrogens (tertiary/aromatic N) is 1. The van der Waals surface area contributed by atoms with E-state index in [9.17, 15) is 0 Å². The van der Waals surface area contributed by atoms with Crippen LogP contribution in [0.4, 0.5) is 0 Å². The molecule has 2 N–H and O–H groups in total. The lowest BCUT2D eigenvalue weighted by molar-refractivity contribution is 0.525. The zero-order valence-electron chi connectivity index (χ0n) is 10.0. The van der Waals surface area contributed by atoms with Crippen molar-refractivity contribution < 1.29 is 4.42 Å². The van der Waals surface area contributed by atoms with Crippen LogP contribution in [0.5, 0.6) is 0 Å². The van der Waals surface area contributed by atoms with Crippen molar-refractivity contribution in [2.75, 3.05) is 0 Å². The maximum Gasteiger partial charge on any atom is 0.134 e. The van der Waals surface area contributed by atoms with Crippen molar-refractivity contribution in [1.29, 1.82) is 0 Å². The monoisotopic (exact) mass is 296 g/mol. The number of halogens is 2. The normalized spacial score (nSPS) is 11.4. The van der Waals surface area contributed by atoms with Crippen molar-refractivity contribution in [3.8, 4) is 0 Å². The molecule has 3 rings (SSSR count). The van der Waals surface area contributed by atoms with Gasteiger partial charge in [-0.2, -0.15) is 0 Å². The van der Waals surface area contributed by atoms with E-state index in [1.165, 1.54) is 0 Å². The van der Waals surface area contributed by atoms with Gasteiger partial charge in [0.1, 0.15) is 11.3 Å². The Morgan fingerprint density at radius 1 is 1.00 bits per heavy atom. The molecule has 2 heterocycles. The molecule has 19 heavy (non-hydrogen) atoms. The Bertz CT molecular complexity index is 607. The Balaban J connectivity index is 0.000000902. The van der Waals surface area contributed by atoms with Gasteiger partial charge >= 0.3 is 0 Å². The first kappa shape index (κ1) is 15.5. The van der Waals surface area contributed by atoms with E-state index in [0.717, 1.165) is 22.3 Å². The summed E-state index contributed by atoms with van der Waals surface area (Å²) in [5.41, 5.74) is 8.03. The molecule has 1 aromatic carbocycles. The first-order valence-corrected chi connectivity index (χ1v) is 5.48. The second-order valence-electron chi connectivity index (χ2n) is 3.94. The summed E-state index contributed by atoms with van der Waals surface area (Å²) in [5.74, 6) is 0.775. The molecule has 5 heteroatoms. The number of pyridine rings is 1. The average molecular weight is 297 g/mol. The van der Waals surface area contributed by atoms with Gasteiger partial charge in [-0.25, -0.2) is 0 Å². The highest BCUT2D eigenvalue weighted by atomic mass is 35.5. The number of furan rings is 1. The largest absolute Gasteiger partial charge is 0.459 e. The van der Waals surface area contributed by atoms with Crippen LogP contribution in [0.15, 0.2) is 59.3 Å². The molecular weight excluding hydrogens is 283 g/mol. The molecule has 0 spiro atoms. The predicted octanol–water partition coefficient (Wildman–Crippen LogP) is 3.72. The quantitative estimate of drug-likeness (QED) is 0.784. The minimum absolute atomic E-state index is 0. The maximum absolute atomic E-state index is 6.16. The Labute approximate surface area is 123 Å². The number of hydrogen-bond acceptors (Lipinski definition) is 3. The van der Waals surface area contributed by atoms with Gasteiger partial charge in [0, 0.05) is 17.8 Å². The SMILES string of the molecule is Cl.Cl.NC(c1ccncc1)c1cc2ccccc2o1. The molecular formula is C14H14Cl2N2O. The average Bonchev–Trinajstić information content (AvgIpc) is 2.82. The Morgan fingerprint density at radius 2 is 1.68 bits per heavy atom. The van der Waals surface area contributed by atoms with E-state index in [0.29, 0.717) is 0 Å². The second kappa shape index (κ2) is 6.57. The van der Waals surface area contributed by atoms with E-state index in [1.54, 1.807) is 12.4 Å². The summed E-state index contributed by atoms with van der Waals surface area (Å²) < 4.78 is 5.74. The van der Waals surface area contributed by atoms with Crippen LogP contribution < -0.4 is 5.73 Å². The van der Waals surface area contributed by atoms with Gasteiger partial charge in [-0.05, 0) is 29.8 Å². The van der Waals surface area contributed by atoms with Crippen molar-refractivity contribution in [2.45, 2.75) is 6.04 Å². The zero-order chi connectivity index (χ0) is 11.7. The number of rotatable bonds is 2. The predicted molar refractivity (Wildman–Crippen MR) is 81.0 cm³/mol. The number of fused-ring (bicyclic) bond motifs is 1. The Hall–Kier alpha value is -1.55. The van der Waals surface area contributed by atoms with Gasteiger partial charge in [0.25, 0.3) is 0 Å². The van der Waals surface area contributed by atoms with Gasteiger partial charge in [-0.15, -0.1) is 24.8 Å². The first-order valence-electron chi connectivity index (χ1n) is 5.48. The highest BCUT2D eigenvalue weighted by Crippen LogP contribution is 2.26. The molecule has 3 nitrogen and oxygen atoms in total. The number of aromatic nitrogens is 1. The summed E-state index contributed by atoms with van der Waals surface area (Å²) in [5, 5.41) is 1.08. The first-order chi connectivity index (χ1) is 8.34. The van der Waals surface area contributed by atoms with Gasteiger partial charge in [0.15, 0.2) is 0 Å². The minimum Gasteiger partial charge on any atom is -0.459 e. The van der Waals surface area contributed by atoms with Crippen molar-refractivity contribution in [3.63, 3.8) is 0 Å². The number of nitrogens with two attached hydrogens (primary N) is 1. The number of benzene rings is 1. The van der Waals surface area contributed by atoms with Crippen molar-refractivity contribution >= 4 is 35.8 Å². The lowest BCUT2D eigenvalue weighted by Gasteiger charge is -2.07. The molecule has 0 aliphatic rings. The van der Waals surface area contributed by atoms with Crippen molar-refractivity contribution in [1.82, 2.24) is 4.98 Å². The smallest absolute Gasteiger partial charge is 0.134 e. The molecule has 0 radical (unpaired) electrons. The van der Waals surface area contributed by atoms with Gasteiger partial charge in [-0.1, -0.05) is 18.2 Å². The standard InChI is InChI=1S/C14H12N2O.2ClH/c15-14(10-5-7-16-8-6-10)13-9-11-3-1-2-4-12(11)17-13;;/h1-9,14H,15H2;2*1H. The van der Waals surface area contributed by atoms with Crippen LogP contribution in [0.25, 0.3) is 11.0 Å². The topological polar surface area (TPSA) is 52.0 Å².